The van der Waals surface area contributed by atoms with Crippen LogP contribution in [0.1, 0.15) is 35.0 Å². The molecule has 1 aromatic heterocycles. The van der Waals surface area contributed by atoms with Gasteiger partial charge < -0.3 is 10.1 Å². The van der Waals surface area contributed by atoms with Crippen LogP contribution < -0.4 is 5.32 Å². The number of nitrogens with one attached hydrogen (secondary N) is 1. The summed E-state index contributed by atoms with van der Waals surface area (Å²) >= 11 is 0. The van der Waals surface area contributed by atoms with Gasteiger partial charge in [0, 0.05) is 11.4 Å². The lowest BCUT2D eigenvalue weighted by Crippen LogP contribution is -2.38. The van der Waals surface area contributed by atoms with Crippen LogP contribution in [-0.4, -0.2) is 49.4 Å². The summed E-state index contributed by atoms with van der Waals surface area (Å²) in [5.74, 6) is -1.10. The summed E-state index contributed by atoms with van der Waals surface area (Å²) in [5.41, 5.74) is 2.58. The Labute approximate surface area is 158 Å². The van der Waals surface area contributed by atoms with Gasteiger partial charge in [-0.2, -0.15) is 0 Å². The number of amides is 1. The Kier molecular flexibility index (Phi) is 5.46. The molecule has 144 valence electrons. The molecule has 1 atom stereocenters. The van der Waals surface area contributed by atoms with Crippen LogP contribution in [-0.2, 0) is 25.8 Å². The number of carbonyl (C=O) groups is 2. The van der Waals surface area contributed by atoms with Crippen LogP contribution in [0, 0.1) is 6.92 Å². The number of para-hydroxylation sites is 1. The number of pyridine rings is 1. The molecule has 1 aliphatic heterocycles. The highest BCUT2D eigenvalue weighted by Gasteiger charge is 2.29. The number of esters is 1. The molecular formula is C19H22N2O5S. The van der Waals surface area contributed by atoms with Crippen LogP contribution in [0.5, 0.6) is 0 Å². The molecular weight excluding hydrogens is 368 g/mol. The minimum atomic E-state index is -3.08. The number of ether oxygens (including phenoxy) is 1. The molecule has 0 aliphatic carbocycles. The number of aryl methyl sites for hydroxylation is 2. The maximum atomic E-state index is 12.6. The van der Waals surface area contributed by atoms with E-state index in [-0.39, 0.29) is 11.5 Å². The van der Waals surface area contributed by atoms with E-state index in [0.29, 0.717) is 24.1 Å². The molecule has 1 aromatic carbocycles. The van der Waals surface area contributed by atoms with Gasteiger partial charge in [0.15, 0.2) is 16.4 Å². The van der Waals surface area contributed by atoms with Crippen LogP contribution in [0.15, 0.2) is 24.3 Å². The standard InChI is InChI=1S/C19H22N2O5S/c1-3-15-18(12(2)14-6-4-5-7-16(14)21-15)19(23)26-10-17(22)20-13-8-9-27(24,25)11-13/h4-7,13H,3,8-11H2,1-2H3,(H,20,22)/t13-/m0/s1. The summed E-state index contributed by atoms with van der Waals surface area (Å²) in [4.78, 5) is 29.1. The molecule has 0 radical (unpaired) electrons. The number of nitrogens with zero attached hydrogens (tertiary/aromatic N) is 1. The van der Waals surface area contributed by atoms with Crippen LogP contribution in [0.2, 0.25) is 0 Å². The summed E-state index contributed by atoms with van der Waals surface area (Å²) in [6, 6.07) is 7.12. The lowest BCUT2D eigenvalue weighted by molar-refractivity contribution is -0.124. The fourth-order valence-electron chi connectivity index (χ4n) is 3.35. The van der Waals surface area contributed by atoms with E-state index in [9.17, 15) is 18.0 Å². The number of benzene rings is 1. The maximum Gasteiger partial charge on any atom is 0.340 e. The molecule has 2 heterocycles. The second-order valence-electron chi connectivity index (χ2n) is 6.67. The second-order valence-corrected chi connectivity index (χ2v) is 8.90. The van der Waals surface area contributed by atoms with Crippen LogP contribution in [0.3, 0.4) is 0 Å². The van der Waals surface area contributed by atoms with Gasteiger partial charge in [-0.3, -0.25) is 9.78 Å². The number of sulfone groups is 1. The highest BCUT2D eigenvalue weighted by molar-refractivity contribution is 7.91. The fraction of sp³-hybridized carbons (Fsp3) is 0.421. The van der Waals surface area contributed by atoms with Gasteiger partial charge in [-0.1, -0.05) is 25.1 Å². The highest BCUT2D eigenvalue weighted by atomic mass is 32.2. The lowest BCUT2D eigenvalue weighted by atomic mass is 10.0. The Hall–Kier alpha value is -2.48. The summed E-state index contributed by atoms with van der Waals surface area (Å²) in [6.07, 6.45) is 0.942. The summed E-state index contributed by atoms with van der Waals surface area (Å²) in [7, 11) is -3.08. The van der Waals surface area contributed by atoms with Gasteiger partial charge in [0.2, 0.25) is 0 Å². The maximum absolute atomic E-state index is 12.6. The molecule has 0 spiro atoms. The van der Waals surface area contributed by atoms with E-state index in [0.717, 1.165) is 16.5 Å². The first-order valence-electron chi connectivity index (χ1n) is 8.86. The predicted molar refractivity (Wildman–Crippen MR) is 101 cm³/mol. The molecule has 0 unspecified atom stereocenters. The van der Waals surface area contributed by atoms with E-state index < -0.39 is 34.4 Å². The van der Waals surface area contributed by atoms with E-state index >= 15 is 0 Å². The molecule has 3 rings (SSSR count). The molecule has 0 saturated carbocycles. The largest absolute Gasteiger partial charge is 0.452 e. The number of rotatable bonds is 5. The first kappa shape index (κ1) is 19.3. The van der Waals surface area contributed by atoms with E-state index in [4.69, 9.17) is 4.74 Å². The molecule has 1 fully saturated rings. The highest BCUT2D eigenvalue weighted by Crippen LogP contribution is 2.24. The monoisotopic (exact) mass is 390 g/mol. The van der Waals surface area contributed by atoms with Crippen molar-refractivity contribution in [2.24, 2.45) is 0 Å². The number of hydrogen-bond donors (Lipinski definition) is 1. The summed E-state index contributed by atoms with van der Waals surface area (Å²) in [6.45, 7) is 3.29. The van der Waals surface area contributed by atoms with Gasteiger partial charge in [-0.25, -0.2) is 13.2 Å². The van der Waals surface area contributed by atoms with Crippen LogP contribution >= 0.6 is 0 Å². The van der Waals surface area contributed by atoms with Gasteiger partial charge in [0.25, 0.3) is 5.91 Å². The van der Waals surface area contributed by atoms with E-state index in [1.807, 2.05) is 38.1 Å². The number of aromatic nitrogens is 1. The normalized spacial score (nSPS) is 18.4. The first-order valence-corrected chi connectivity index (χ1v) is 10.7. The molecule has 8 heteroatoms. The Bertz CT molecular complexity index is 1000. The molecule has 1 N–H and O–H groups in total. The van der Waals surface area contributed by atoms with Crippen molar-refractivity contribution in [3.8, 4) is 0 Å². The second kappa shape index (κ2) is 7.64. The lowest BCUT2D eigenvalue weighted by Gasteiger charge is -2.14. The van der Waals surface area contributed by atoms with Gasteiger partial charge in [0.1, 0.15) is 0 Å². The zero-order valence-electron chi connectivity index (χ0n) is 15.3. The van der Waals surface area contributed by atoms with Crippen LogP contribution in [0.4, 0.5) is 0 Å². The molecule has 27 heavy (non-hydrogen) atoms. The molecule has 1 aliphatic rings. The van der Waals surface area contributed by atoms with Crippen molar-refractivity contribution in [1.29, 1.82) is 0 Å². The van der Waals surface area contributed by atoms with Gasteiger partial charge >= 0.3 is 5.97 Å². The van der Waals surface area contributed by atoms with Crippen molar-refractivity contribution < 1.29 is 22.7 Å². The number of fused-ring (bicyclic) bond motifs is 1. The van der Waals surface area contributed by atoms with Crippen molar-refractivity contribution in [1.82, 2.24) is 10.3 Å². The van der Waals surface area contributed by atoms with E-state index in [1.54, 1.807) is 0 Å². The van der Waals surface area contributed by atoms with E-state index in [2.05, 4.69) is 10.3 Å². The average Bonchev–Trinajstić information content (AvgIpc) is 2.97. The van der Waals surface area contributed by atoms with Crippen molar-refractivity contribution in [2.45, 2.75) is 32.7 Å². The Morgan fingerprint density at radius 1 is 1.30 bits per heavy atom. The van der Waals surface area contributed by atoms with Gasteiger partial charge in [0.05, 0.1) is 28.3 Å². The molecule has 1 saturated heterocycles. The quantitative estimate of drug-likeness (QED) is 0.778. The smallest absolute Gasteiger partial charge is 0.340 e. The zero-order chi connectivity index (χ0) is 19.6. The van der Waals surface area contributed by atoms with Crippen molar-refractivity contribution >= 4 is 32.6 Å². The molecule has 1 amide bonds. The van der Waals surface area contributed by atoms with Gasteiger partial charge in [-0.05, 0) is 31.4 Å². The van der Waals surface area contributed by atoms with Crippen molar-refractivity contribution in [3.05, 3.63) is 41.1 Å². The van der Waals surface area contributed by atoms with Crippen LogP contribution in [0.25, 0.3) is 10.9 Å². The summed E-state index contributed by atoms with van der Waals surface area (Å²) < 4.78 is 28.1. The minimum absolute atomic E-state index is 0.0690. The number of carbonyl (C=O) groups excluding carboxylic acids is 2. The summed E-state index contributed by atoms with van der Waals surface area (Å²) in [5, 5.41) is 3.47. The Morgan fingerprint density at radius 3 is 2.70 bits per heavy atom. The third kappa shape index (κ3) is 4.27. The Balaban J connectivity index is 1.71. The van der Waals surface area contributed by atoms with Crippen molar-refractivity contribution in [3.63, 3.8) is 0 Å². The zero-order valence-corrected chi connectivity index (χ0v) is 16.1. The topological polar surface area (TPSA) is 102 Å². The average molecular weight is 390 g/mol. The molecule has 7 nitrogen and oxygen atoms in total. The predicted octanol–water partition coefficient (Wildman–Crippen LogP) is 1.57. The Morgan fingerprint density at radius 2 is 2.04 bits per heavy atom. The van der Waals surface area contributed by atoms with Crippen molar-refractivity contribution in [2.75, 3.05) is 18.1 Å². The third-order valence-corrected chi connectivity index (χ3v) is 6.47. The van der Waals surface area contributed by atoms with E-state index in [1.165, 1.54) is 0 Å². The first-order chi connectivity index (χ1) is 12.8. The number of hydrogen-bond acceptors (Lipinski definition) is 6. The fourth-order valence-corrected chi connectivity index (χ4v) is 5.02. The SMILES string of the molecule is CCc1nc2ccccc2c(C)c1C(=O)OCC(=O)N[C@H]1CCS(=O)(=O)C1. The molecule has 0 bridgehead atoms. The molecule has 2 aromatic rings. The minimum Gasteiger partial charge on any atom is -0.452 e. The third-order valence-electron chi connectivity index (χ3n) is 4.70. The van der Waals surface area contributed by atoms with Gasteiger partial charge in [-0.15, -0.1) is 0 Å².